The van der Waals surface area contributed by atoms with Gasteiger partial charge in [-0.3, -0.25) is 14.5 Å². The molecule has 1 heterocycles. The third-order valence-corrected chi connectivity index (χ3v) is 4.48. The lowest BCUT2D eigenvalue weighted by molar-refractivity contribution is -0.140. The van der Waals surface area contributed by atoms with E-state index >= 15 is 0 Å². The number of amides is 2. The van der Waals surface area contributed by atoms with E-state index in [-0.39, 0.29) is 24.2 Å². The predicted octanol–water partition coefficient (Wildman–Crippen LogP) is -0.0400. The van der Waals surface area contributed by atoms with E-state index in [9.17, 15) is 9.59 Å². The maximum atomic E-state index is 12.6. The average Bonchev–Trinajstić information content (AvgIpc) is 2.48. The molecule has 1 saturated heterocycles. The van der Waals surface area contributed by atoms with Crippen LogP contribution in [0.5, 0.6) is 0 Å². The van der Waals surface area contributed by atoms with Gasteiger partial charge in [0.25, 0.3) is 0 Å². The van der Waals surface area contributed by atoms with Gasteiger partial charge in [-0.1, -0.05) is 19.3 Å². The molecule has 21 heavy (non-hydrogen) atoms. The summed E-state index contributed by atoms with van der Waals surface area (Å²) in [7, 11) is 1.64. The van der Waals surface area contributed by atoms with Crippen molar-refractivity contribution in [2.75, 3.05) is 39.8 Å². The summed E-state index contributed by atoms with van der Waals surface area (Å²) >= 11 is 0. The third-order valence-electron chi connectivity index (χ3n) is 4.48. The molecular formula is C14H27ClN4O2. The number of nitrogens with zero attached hydrogens (tertiary/aromatic N) is 2. The monoisotopic (exact) mass is 318 g/mol. The van der Waals surface area contributed by atoms with E-state index in [1.807, 2.05) is 4.90 Å². The minimum atomic E-state index is -0.638. The van der Waals surface area contributed by atoms with Gasteiger partial charge in [0, 0.05) is 33.2 Å². The zero-order chi connectivity index (χ0) is 14.6. The summed E-state index contributed by atoms with van der Waals surface area (Å²) in [6, 6.07) is 0. The van der Waals surface area contributed by atoms with Crippen LogP contribution in [0, 0.1) is 0 Å². The van der Waals surface area contributed by atoms with Crippen LogP contribution in [0.3, 0.4) is 0 Å². The number of carbonyl (C=O) groups is 2. The number of carbonyl (C=O) groups excluding carboxylic acids is 2. The smallest absolute Gasteiger partial charge is 0.242 e. The average molecular weight is 319 g/mol. The largest absolute Gasteiger partial charge is 0.358 e. The summed E-state index contributed by atoms with van der Waals surface area (Å²) in [6.07, 6.45) is 4.92. The molecule has 0 unspecified atom stereocenters. The molecule has 1 saturated carbocycles. The molecule has 2 amide bonds. The standard InChI is InChI=1S/C14H26N4O2.ClH/c1-16-12(19)11-17-7-9-18(10-8-17)13(20)14(15)5-3-2-4-6-14;/h2-11,15H2,1H3,(H,16,19);1H. The van der Waals surface area contributed by atoms with Gasteiger partial charge in [-0.25, -0.2) is 0 Å². The summed E-state index contributed by atoms with van der Waals surface area (Å²) in [5.41, 5.74) is 5.66. The molecule has 0 aromatic rings. The van der Waals surface area contributed by atoms with Crippen molar-refractivity contribution in [1.29, 1.82) is 0 Å². The number of halogens is 1. The second-order valence-electron chi connectivity index (χ2n) is 5.96. The topological polar surface area (TPSA) is 78.7 Å². The van der Waals surface area contributed by atoms with Crippen LogP contribution in [0.1, 0.15) is 32.1 Å². The number of piperazine rings is 1. The van der Waals surface area contributed by atoms with Crippen molar-refractivity contribution in [3.63, 3.8) is 0 Å². The van der Waals surface area contributed by atoms with Crippen molar-refractivity contribution in [3.05, 3.63) is 0 Å². The fraction of sp³-hybridized carbons (Fsp3) is 0.857. The summed E-state index contributed by atoms with van der Waals surface area (Å²) in [5, 5.41) is 2.62. The van der Waals surface area contributed by atoms with E-state index in [0.717, 1.165) is 38.8 Å². The molecule has 0 atom stereocenters. The lowest BCUT2D eigenvalue weighted by Crippen LogP contribution is -2.60. The van der Waals surface area contributed by atoms with Crippen LogP contribution in [0.15, 0.2) is 0 Å². The Hall–Kier alpha value is -0.850. The van der Waals surface area contributed by atoms with Crippen LogP contribution < -0.4 is 11.1 Å². The Morgan fingerprint density at radius 3 is 2.19 bits per heavy atom. The molecule has 0 aromatic heterocycles. The Bertz CT molecular complexity index is 364. The van der Waals surface area contributed by atoms with Crippen molar-refractivity contribution >= 4 is 24.2 Å². The summed E-state index contributed by atoms with van der Waals surface area (Å²) < 4.78 is 0. The van der Waals surface area contributed by atoms with E-state index in [1.54, 1.807) is 7.05 Å². The highest BCUT2D eigenvalue weighted by atomic mass is 35.5. The lowest BCUT2D eigenvalue weighted by atomic mass is 9.81. The first-order valence-electron chi connectivity index (χ1n) is 7.56. The highest BCUT2D eigenvalue weighted by Crippen LogP contribution is 2.28. The van der Waals surface area contributed by atoms with Crippen LogP contribution in [-0.2, 0) is 9.59 Å². The fourth-order valence-corrected chi connectivity index (χ4v) is 3.10. The van der Waals surface area contributed by atoms with Crippen molar-refractivity contribution < 1.29 is 9.59 Å². The number of rotatable bonds is 3. The number of hydrogen-bond donors (Lipinski definition) is 2. The van der Waals surface area contributed by atoms with Gasteiger partial charge in [0.15, 0.2) is 0 Å². The van der Waals surface area contributed by atoms with E-state index in [1.165, 1.54) is 6.42 Å². The van der Waals surface area contributed by atoms with Gasteiger partial charge in [-0.05, 0) is 12.8 Å². The number of hydrogen-bond acceptors (Lipinski definition) is 4. The van der Waals surface area contributed by atoms with Gasteiger partial charge in [0.05, 0.1) is 12.1 Å². The first kappa shape index (κ1) is 18.2. The Morgan fingerprint density at radius 1 is 1.10 bits per heavy atom. The number of likely N-dealkylation sites (N-methyl/N-ethyl adjacent to an activating group) is 1. The van der Waals surface area contributed by atoms with Gasteiger partial charge in [0.1, 0.15) is 0 Å². The second-order valence-corrected chi connectivity index (χ2v) is 5.96. The zero-order valence-corrected chi connectivity index (χ0v) is 13.6. The molecule has 2 aliphatic rings. The molecular weight excluding hydrogens is 292 g/mol. The van der Waals surface area contributed by atoms with Crippen molar-refractivity contribution in [2.24, 2.45) is 5.73 Å². The first-order chi connectivity index (χ1) is 9.55. The quantitative estimate of drug-likeness (QED) is 0.765. The molecule has 0 aromatic carbocycles. The highest BCUT2D eigenvalue weighted by molar-refractivity contribution is 5.86. The first-order valence-corrected chi connectivity index (χ1v) is 7.56. The molecule has 2 fully saturated rings. The Labute approximate surface area is 132 Å². The molecule has 1 aliphatic heterocycles. The van der Waals surface area contributed by atoms with Crippen molar-refractivity contribution in [3.8, 4) is 0 Å². The molecule has 6 nitrogen and oxygen atoms in total. The van der Waals surface area contributed by atoms with Crippen molar-refractivity contribution in [1.82, 2.24) is 15.1 Å². The van der Waals surface area contributed by atoms with Crippen LogP contribution in [0.25, 0.3) is 0 Å². The third kappa shape index (κ3) is 4.56. The molecule has 2 rings (SSSR count). The number of nitrogens with one attached hydrogen (secondary N) is 1. The maximum Gasteiger partial charge on any atom is 0.242 e. The summed E-state index contributed by atoms with van der Waals surface area (Å²) in [6.45, 7) is 3.25. The SMILES string of the molecule is CNC(=O)CN1CCN(C(=O)C2(N)CCCCC2)CC1.Cl. The predicted molar refractivity (Wildman–Crippen MR) is 84.3 cm³/mol. The minimum Gasteiger partial charge on any atom is -0.358 e. The second kappa shape index (κ2) is 7.96. The van der Waals surface area contributed by atoms with Gasteiger partial charge in [-0.15, -0.1) is 12.4 Å². The van der Waals surface area contributed by atoms with Gasteiger partial charge in [0.2, 0.25) is 11.8 Å². The van der Waals surface area contributed by atoms with Crippen LogP contribution in [0.2, 0.25) is 0 Å². The Balaban J connectivity index is 0.00000220. The lowest BCUT2D eigenvalue weighted by Gasteiger charge is -2.40. The van der Waals surface area contributed by atoms with E-state index in [2.05, 4.69) is 10.2 Å². The molecule has 0 bridgehead atoms. The zero-order valence-electron chi connectivity index (χ0n) is 12.8. The van der Waals surface area contributed by atoms with Crippen LogP contribution >= 0.6 is 12.4 Å². The van der Waals surface area contributed by atoms with Crippen molar-refractivity contribution in [2.45, 2.75) is 37.6 Å². The minimum absolute atomic E-state index is 0. The molecule has 1 aliphatic carbocycles. The van der Waals surface area contributed by atoms with Gasteiger partial charge in [-0.2, -0.15) is 0 Å². The van der Waals surface area contributed by atoms with E-state index in [4.69, 9.17) is 5.73 Å². The number of nitrogens with two attached hydrogens (primary N) is 1. The molecule has 7 heteroatoms. The summed E-state index contributed by atoms with van der Waals surface area (Å²) in [5.74, 6) is 0.129. The van der Waals surface area contributed by atoms with E-state index < -0.39 is 5.54 Å². The normalized spacial score (nSPS) is 22.3. The van der Waals surface area contributed by atoms with Crippen LogP contribution in [-0.4, -0.2) is 66.9 Å². The Morgan fingerprint density at radius 2 is 1.67 bits per heavy atom. The molecule has 3 N–H and O–H groups in total. The molecule has 0 radical (unpaired) electrons. The maximum absolute atomic E-state index is 12.6. The van der Waals surface area contributed by atoms with Crippen LogP contribution in [0.4, 0.5) is 0 Å². The molecule has 122 valence electrons. The fourth-order valence-electron chi connectivity index (χ4n) is 3.10. The van der Waals surface area contributed by atoms with Gasteiger partial charge >= 0.3 is 0 Å². The van der Waals surface area contributed by atoms with Gasteiger partial charge < -0.3 is 16.0 Å². The highest BCUT2D eigenvalue weighted by Gasteiger charge is 2.39. The van der Waals surface area contributed by atoms with E-state index in [0.29, 0.717) is 19.6 Å². The molecule has 0 spiro atoms. The summed E-state index contributed by atoms with van der Waals surface area (Å²) in [4.78, 5) is 27.9. The Kier molecular flexibility index (Phi) is 6.90.